The van der Waals surface area contributed by atoms with Crippen LogP contribution >= 0.6 is 0 Å². The Balaban J connectivity index is 0.000000609. The zero-order chi connectivity index (χ0) is 32.0. The molecule has 3 saturated heterocycles. The van der Waals surface area contributed by atoms with Crippen LogP contribution in [0.4, 0.5) is 5.69 Å². The molecule has 4 fully saturated rings. The fraction of sp³-hybridized carbons (Fsp3) is 0.515. The molecule has 1 spiro atoms. The first-order valence-corrected chi connectivity index (χ1v) is 15.4. The number of aliphatic carboxylic acids is 2. The molecule has 4 aliphatic rings. The average Bonchev–Trinajstić information content (AvgIpc) is 3.67. The number of carboxylic acid groups (broad SMARTS) is 2. The molecule has 2 atom stereocenters. The number of amides is 2. The second-order valence-corrected chi connectivity index (χ2v) is 12.2. The summed E-state index contributed by atoms with van der Waals surface area (Å²) in [6.07, 6.45) is 4.90. The van der Waals surface area contributed by atoms with Crippen molar-refractivity contribution in [3.63, 3.8) is 0 Å². The van der Waals surface area contributed by atoms with Gasteiger partial charge in [0.15, 0.2) is 0 Å². The van der Waals surface area contributed by atoms with Gasteiger partial charge >= 0.3 is 11.9 Å². The second-order valence-electron chi connectivity index (χ2n) is 12.2. The molecule has 0 bridgehead atoms. The van der Waals surface area contributed by atoms with Gasteiger partial charge < -0.3 is 29.3 Å². The summed E-state index contributed by atoms with van der Waals surface area (Å²) in [5.41, 5.74) is 1.84. The molecule has 45 heavy (non-hydrogen) atoms. The summed E-state index contributed by atoms with van der Waals surface area (Å²) in [7, 11) is 1.71. The maximum absolute atomic E-state index is 13.3. The number of carboxylic acids is 2. The summed E-state index contributed by atoms with van der Waals surface area (Å²) in [6.45, 7) is 4.86. The Bertz CT molecular complexity index is 1340. The molecule has 3 heterocycles. The third-order valence-corrected chi connectivity index (χ3v) is 9.20. The molecule has 1 aliphatic carbocycles. The molecule has 3 aliphatic heterocycles. The smallest absolute Gasteiger partial charge is 0.414 e. The number of carbonyl (C=O) groups is 4. The summed E-state index contributed by atoms with van der Waals surface area (Å²) in [5.74, 6) is -4.08. The van der Waals surface area contributed by atoms with Gasteiger partial charge in [0, 0.05) is 51.1 Å². The van der Waals surface area contributed by atoms with Gasteiger partial charge in [-0.2, -0.15) is 0 Å². The summed E-state index contributed by atoms with van der Waals surface area (Å²) in [5, 5.41) is 14.8. The van der Waals surface area contributed by atoms with E-state index in [0.717, 1.165) is 75.4 Å². The Kier molecular flexibility index (Phi) is 10.1. The molecular formula is C33H41N3O9. The van der Waals surface area contributed by atoms with Gasteiger partial charge in [-0.1, -0.05) is 55.3 Å². The van der Waals surface area contributed by atoms with Gasteiger partial charge in [-0.15, -0.1) is 0 Å². The Labute approximate surface area is 262 Å². The lowest BCUT2D eigenvalue weighted by Crippen LogP contribution is -2.53. The van der Waals surface area contributed by atoms with Crippen molar-refractivity contribution in [1.29, 1.82) is 0 Å². The van der Waals surface area contributed by atoms with Gasteiger partial charge in [0.25, 0.3) is 0 Å². The van der Waals surface area contributed by atoms with Crippen molar-refractivity contribution in [2.75, 3.05) is 57.9 Å². The normalized spacial score (nSPS) is 24.8. The molecule has 0 aromatic heterocycles. The molecule has 12 heteroatoms. The Morgan fingerprint density at radius 1 is 0.889 bits per heavy atom. The monoisotopic (exact) mass is 623 g/mol. The summed E-state index contributed by atoms with van der Waals surface area (Å²) in [4.78, 5) is 51.0. The van der Waals surface area contributed by atoms with E-state index in [0.29, 0.717) is 19.4 Å². The maximum Gasteiger partial charge on any atom is 0.414 e. The van der Waals surface area contributed by atoms with Gasteiger partial charge in [-0.3, -0.25) is 19.4 Å². The molecule has 0 unspecified atom stereocenters. The molecule has 0 radical (unpaired) electrons. The number of hydrogen-bond donors (Lipinski definition) is 2. The van der Waals surface area contributed by atoms with Crippen LogP contribution in [-0.2, 0) is 34.4 Å². The van der Waals surface area contributed by atoms with E-state index < -0.39 is 17.7 Å². The summed E-state index contributed by atoms with van der Waals surface area (Å²) >= 11 is 0. The van der Waals surface area contributed by atoms with Crippen LogP contribution in [0, 0.1) is 5.41 Å². The summed E-state index contributed by atoms with van der Waals surface area (Å²) in [6, 6.07) is 17.9. The van der Waals surface area contributed by atoms with Crippen LogP contribution in [0.25, 0.3) is 0 Å². The lowest BCUT2D eigenvalue weighted by atomic mass is 9.76. The van der Waals surface area contributed by atoms with E-state index in [-0.39, 0.29) is 29.9 Å². The Morgan fingerprint density at radius 2 is 1.49 bits per heavy atom. The number of ether oxygens (including phenoxy) is 3. The summed E-state index contributed by atoms with van der Waals surface area (Å²) < 4.78 is 18.6. The van der Waals surface area contributed by atoms with Crippen molar-refractivity contribution < 1.29 is 43.6 Å². The molecule has 1 saturated carbocycles. The molecule has 6 rings (SSSR count). The minimum absolute atomic E-state index is 0.0911. The van der Waals surface area contributed by atoms with E-state index in [1.165, 1.54) is 4.90 Å². The van der Waals surface area contributed by atoms with Gasteiger partial charge in [-0.05, 0) is 30.4 Å². The number of carbonyl (C=O) groups excluding carboxylic acids is 2. The minimum Gasteiger partial charge on any atom is -0.495 e. The first-order chi connectivity index (χ1) is 21.6. The van der Waals surface area contributed by atoms with Crippen LogP contribution in [0.3, 0.4) is 0 Å². The highest BCUT2D eigenvalue weighted by atomic mass is 16.7. The molecule has 2 amide bonds. The van der Waals surface area contributed by atoms with Crippen LogP contribution in [0.1, 0.15) is 44.1 Å². The lowest BCUT2D eigenvalue weighted by molar-refractivity contribution is -0.199. The van der Waals surface area contributed by atoms with Crippen molar-refractivity contribution in [3.05, 3.63) is 60.2 Å². The molecule has 242 valence electrons. The number of piperazine rings is 1. The number of para-hydroxylation sites is 2. The molecule has 2 aromatic rings. The maximum atomic E-state index is 13.3. The number of hydrogen-bond acceptors (Lipinski definition) is 9. The fourth-order valence-electron chi connectivity index (χ4n) is 6.92. The SMILES string of the molecule is COc1ccccc1N1CCN(C[C@@H]2CO[C@@](CN3C(=O)CC4(CCCC4)CC3=O)(c3ccccc3)O2)CC1.O=C(O)C(=O)O. The highest BCUT2D eigenvalue weighted by molar-refractivity contribution is 6.27. The first kappa shape index (κ1) is 32.4. The van der Waals surface area contributed by atoms with E-state index in [2.05, 4.69) is 15.9 Å². The predicted molar refractivity (Wildman–Crippen MR) is 163 cm³/mol. The number of piperidine rings is 1. The first-order valence-electron chi connectivity index (χ1n) is 15.4. The van der Waals surface area contributed by atoms with E-state index in [1.54, 1.807) is 7.11 Å². The van der Waals surface area contributed by atoms with Crippen LogP contribution in [0.15, 0.2) is 54.6 Å². The van der Waals surface area contributed by atoms with Crippen LogP contribution in [0.2, 0.25) is 0 Å². The molecule has 12 nitrogen and oxygen atoms in total. The number of rotatable bonds is 7. The predicted octanol–water partition coefficient (Wildman–Crippen LogP) is 2.95. The highest BCUT2D eigenvalue weighted by Crippen LogP contribution is 2.48. The van der Waals surface area contributed by atoms with Crippen molar-refractivity contribution in [2.45, 2.75) is 50.4 Å². The third-order valence-electron chi connectivity index (χ3n) is 9.20. The van der Waals surface area contributed by atoms with Gasteiger partial charge in [0.05, 0.1) is 32.1 Å². The lowest BCUT2D eigenvalue weighted by Gasteiger charge is -2.41. The van der Waals surface area contributed by atoms with Crippen LogP contribution in [0.5, 0.6) is 5.75 Å². The molecular weight excluding hydrogens is 582 g/mol. The average molecular weight is 624 g/mol. The van der Waals surface area contributed by atoms with Crippen LogP contribution < -0.4 is 9.64 Å². The minimum atomic E-state index is -1.82. The van der Waals surface area contributed by atoms with Crippen molar-refractivity contribution in [1.82, 2.24) is 9.80 Å². The fourth-order valence-corrected chi connectivity index (χ4v) is 6.92. The van der Waals surface area contributed by atoms with Gasteiger partial charge in [0.2, 0.25) is 17.6 Å². The van der Waals surface area contributed by atoms with Crippen molar-refractivity contribution in [3.8, 4) is 5.75 Å². The standard InChI is InChI=1S/C31H39N3O5.C2H2O4/c1-37-27-12-6-5-11-26(27)33-17-15-32(16-18-33)21-25-22-38-31(39-25,24-9-3-2-4-10-24)23-34-28(35)19-30(20-29(34)36)13-7-8-14-30;3-1(4)2(5)6/h2-6,9-12,25H,7-8,13-23H2,1H3;(H,3,4)(H,5,6)/t25-,31-;/m1./s1. The van der Waals surface area contributed by atoms with Crippen molar-refractivity contribution in [2.24, 2.45) is 5.41 Å². The van der Waals surface area contributed by atoms with E-state index in [4.69, 9.17) is 34.0 Å². The second kappa shape index (κ2) is 14.0. The molecule has 2 N–H and O–H groups in total. The number of anilines is 1. The van der Waals surface area contributed by atoms with Crippen molar-refractivity contribution >= 4 is 29.4 Å². The van der Waals surface area contributed by atoms with E-state index in [9.17, 15) is 9.59 Å². The Morgan fingerprint density at radius 3 is 2.09 bits per heavy atom. The quantitative estimate of drug-likeness (QED) is 0.347. The largest absolute Gasteiger partial charge is 0.495 e. The number of nitrogens with zero attached hydrogens (tertiary/aromatic N) is 3. The van der Waals surface area contributed by atoms with Gasteiger partial charge in [0.1, 0.15) is 5.75 Å². The van der Waals surface area contributed by atoms with E-state index >= 15 is 0 Å². The van der Waals surface area contributed by atoms with E-state index in [1.807, 2.05) is 48.5 Å². The Hall–Kier alpha value is -4.00. The number of likely N-dealkylation sites (tertiary alicyclic amines) is 1. The highest BCUT2D eigenvalue weighted by Gasteiger charge is 2.51. The third kappa shape index (κ3) is 7.46. The zero-order valence-corrected chi connectivity index (χ0v) is 25.6. The number of imide groups is 1. The van der Waals surface area contributed by atoms with Gasteiger partial charge in [-0.25, -0.2) is 9.59 Å². The van der Waals surface area contributed by atoms with Crippen LogP contribution in [-0.4, -0.2) is 103 Å². The zero-order valence-electron chi connectivity index (χ0n) is 25.6. The number of benzene rings is 2. The molecule has 2 aromatic carbocycles. The topological polar surface area (TPSA) is 146 Å². The number of methoxy groups -OCH3 is 1.